The number of nitrogens with zero attached hydrogens (tertiary/aromatic N) is 1. The number of nitriles is 1. The lowest BCUT2D eigenvalue weighted by atomic mass is 10.2. The van der Waals surface area contributed by atoms with E-state index in [-0.39, 0.29) is 11.7 Å². The Bertz CT molecular complexity index is 390. The lowest BCUT2D eigenvalue weighted by molar-refractivity contribution is -0.0504. The molecule has 0 spiro atoms. The molecule has 1 N–H and O–H groups in total. The van der Waals surface area contributed by atoms with Crippen molar-refractivity contribution in [1.29, 1.82) is 5.26 Å². The second-order valence-electron chi connectivity index (χ2n) is 3.65. The summed E-state index contributed by atoms with van der Waals surface area (Å²) in [7, 11) is 0. The Morgan fingerprint density at radius 2 is 2.12 bits per heavy atom. The number of para-hydroxylation sites is 1. The zero-order chi connectivity index (χ0) is 12.7. The van der Waals surface area contributed by atoms with Gasteiger partial charge in [-0.3, -0.25) is 0 Å². The highest BCUT2D eigenvalue weighted by Gasteiger charge is 2.08. The van der Waals surface area contributed by atoms with E-state index in [1.54, 1.807) is 25.1 Å². The summed E-state index contributed by atoms with van der Waals surface area (Å²) in [6.45, 7) is -0.127. The van der Waals surface area contributed by atoms with E-state index >= 15 is 0 Å². The molecule has 0 aliphatic rings. The van der Waals surface area contributed by atoms with Crippen LogP contribution < -0.4 is 10.1 Å². The minimum atomic E-state index is -2.82. The van der Waals surface area contributed by atoms with Gasteiger partial charge in [-0.1, -0.05) is 18.2 Å². The Labute approximate surface area is 99.0 Å². The molecule has 0 bridgehead atoms. The van der Waals surface area contributed by atoms with Crippen molar-refractivity contribution in [1.82, 2.24) is 5.32 Å². The molecule has 0 aromatic heterocycles. The fourth-order valence-corrected chi connectivity index (χ4v) is 1.33. The molecule has 1 unspecified atom stereocenters. The van der Waals surface area contributed by atoms with Crippen LogP contribution >= 0.6 is 0 Å². The van der Waals surface area contributed by atoms with Gasteiger partial charge >= 0.3 is 6.61 Å². The number of rotatable bonds is 6. The predicted molar refractivity (Wildman–Crippen MR) is 59.6 cm³/mol. The third-order valence-corrected chi connectivity index (χ3v) is 2.18. The Morgan fingerprint density at radius 3 is 2.76 bits per heavy atom. The summed E-state index contributed by atoms with van der Waals surface area (Å²) in [6, 6.07) is 8.68. The average Bonchev–Trinajstić information content (AvgIpc) is 2.30. The van der Waals surface area contributed by atoms with Crippen LogP contribution in [-0.4, -0.2) is 13.2 Å². The molecule has 1 rings (SSSR count). The molecule has 1 atom stereocenters. The number of nitrogens with one attached hydrogen (secondary N) is 1. The van der Waals surface area contributed by atoms with Crippen LogP contribution in [0.1, 0.15) is 12.5 Å². The predicted octanol–water partition coefficient (Wildman–Crippen LogP) is 2.54. The maximum Gasteiger partial charge on any atom is 0.387 e. The first-order valence-electron chi connectivity index (χ1n) is 5.26. The molecule has 0 amide bonds. The Balaban J connectivity index is 2.55. The maximum absolute atomic E-state index is 12.1. The van der Waals surface area contributed by atoms with Gasteiger partial charge < -0.3 is 10.1 Å². The van der Waals surface area contributed by atoms with Gasteiger partial charge in [0.1, 0.15) is 5.75 Å². The summed E-state index contributed by atoms with van der Waals surface area (Å²) in [5.74, 6) is 0.0535. The van der Waals surface area contributed by atoms with E-state index in [1.165, 1.54) is 6.07 Å². The van der Waals surface area contributed by atoms with Crippen molar-refractivity contribution in [3.63, 3.8) is 0 Å². The molecule has 1 aromatic rings. The molecule has 0 heterocycles. The van der Waals surface area contributed by atoms with E-state index < -0.39 is 6.61 Å². The number of benzene rings is 1. The Hall–Kier alpha value is -1.67. The van der Waals surface area contributed by atoms with Crippen molar-refractivity contribution >= 4 is 0 Å². The first kappa shape index (κ1) is 13.4. The molecular weight excluding hydrogens is 226 g/mol. The molecule has 0 saturated carbocycles. The van der Waals surface area contributed by atoms with Gasteiger partial charge in [-0.15, -0.1) is 0 Å². The van der Waals surface area contributed by atoms with Gasteiger partial charge in [0.25, 0.3) is 0 Å². The van der Waals surface area contributed by atoms with Gasteiger partial charge in [0, 0.05) is 18.7 Å². The van der Waals surface area contributed by atoms with E-state index in [2.05, 4.69) is 16.1 Å². The second kappa shape index (κ2) is 6.81. The standard InChI is InChI=1S/C12H14F2N2O/c1-9(6-15)7-16-8-10-4-2-3-5-11(10)17-12(13)14/h2-5,9,12,16H,7-8H2,1H3. The Kier molecular flexibility index (Phi) is 5.37. The van der Waals surface area contributed by atoms with Crippen molar-refractivity contribution < 1.29 is 13.5 Å². The van der Waals surface area contributed by atoms with Crippen molar-refractivity contribution in [2.45, 2.75) is 20.1 Å². The Morgan fingerprint density at radius 1 is 1.41 bits per heavy atom. The van der Waals surface area contributed by atoms with Crippen molar-refractivity contribution in [3.05, 3.63) is 29.8 Å². The minimum absolute atomic E-state index is 0.113. The van der Waals surface area contributed by atoms with Gasteiger partial charge in [-0.05, 0) is 13.0 Å². The SMILES string of the molecule is CC(C#N)CNCc1ccccc1OC(F)F. The number of ether oxygens (including phenoxy) is 1. The normalized spacial score (nSPS) is 12.2. The molecule has 17 heavy (non-hydrogen) atoms. The summed E-state index contributed by atoms with van der Waals surface area (Å²) in [4.78, 5) is 0. The fraction of sp³-hybridized carbons (Fsp3) is 0.417. The lowest BCUT2D eigenvalue weighted by Gasteiger charge is -2.11. The zero-order valence-corrected chi connectivity index (χ0v) is 9.49. The molecule has 3 nitrogen and oxygen atoms in total. The maximum atomic E-state index is 12.1. The summed E-state index contributed by atoms with van der Waals surface area (Å²) < 4.78 is 28.6. The van der Waals surface area contributed by atoms with Crippen LogP contribution in [0.2, 0.25) is 0 Å². The van der Waals surface area contributed by atoms with Gasteiger partial charge in [-0.25, -0.2) is 0 Å². The number of alkyl halides is 2. The number of halogens is 2. The quantitative estimate of drug-likeness (QED) is 0.831. The van der Waals surface area contributed by atoms with Crippen LogP contribution in [0.25, 0.3) is 0 Å². The topological polar surface area (TPSA) is 45.0 Å². The molecule has 0 saturated heterocycles. The highest BCUT2D eigenvalue weighted by molar-refractivity contribution is 5.33. The zero-order valence-electron chi connectivity index (χ0n) is 9.49. The van der Waals surface area contributed by atoms with Gasteiger partial charge in [0.15, 0.2) is 0 Å². The number of hydrogen-bond donors (Lipinski definition) is 1. The third kappa shape index (κ3) is 4.79. The largest absolute Gasteiger partial charge is 0.434 e. The van der Waals surface area contributed by atoms with Crippen LogP contribution in [0.15, 0.2) is 24.3 Å². The average molecular weight is 240 g/mol. The van der Waals surface area contributed by atoms with Crippen LogP contribution in [-0.2, 0) is 6.54 Å². The van der Waals surface area contributed by atoms with Gasteiger partial charge in [0.05, 0.1) is 12.0 Å². The molecule has 0 fully saturated rings. The van der Waals surface area contributed by atoms with Crippen LogP contribution in [0.5, 0.6) is 5.75 Å². The highest BCUT2D eigenvalue weighted by atomic mass is 19.3. The summed E-state index contributed by atoms with van der Waals surface area (Å²) in [5, 5.41) is 11.6. The minimum Gasteiger partial charge on any atom is -0.434 e. The van der Waals surface area contributed by atoms with Crippen molar-refractivity contribution in [2.75, 3.05) is 6.54 Å². The van der Waals surface area contributed by atoms with Gasteiger partial charge in [-0.2, -0.15) is 14.0 Å². The lowest BCUT2D eigenvalue weighted by Crippen LogP contribution is -2.20. The molecule has 1 aromatic carbocycles. The monoisotopic (exact) mass is 240 g/mol. The first-order chi connectivity index (χ1) is 8.13. The highest BCUT2D eigenvalue weighted by Crippen LogP contribution is 2.19. The first-order valence-corrected chi connectivity index (χ1v) is 5.26. The third-order valence-electron chi connectivity index (χ3n) is 2.18. The van der Waals surface area contributed by atoms with E-state index in [4.69, 9.17) is 5.26 Å². The molecule has 0 aliphatic heterocycles. The number of hydrogen-bond acceptors (Lipinski definition) is 3. The van der Waals surface area contributed by atoms with Crippen molar-refractivity contribution in [3.8, 4) is 11.8 Å². The van der Waals surface area contributed by atoms with Crippen molar-refractivity contribution in [2.24, 2.45) is 5.92 Å². The molecular formula is C12H14F2N2O. The van der Waals surface area contributed by atoms with Crippen LogP contribution in [0, 0.1) is 17.2 Å². The van der Waals surface area contributed by atoms with Gasteiger partial charge in [0.2, 0.25) is 0 Å². The second-order valence-corrected chi connectivity index (χ2v) is 3.65. The molecule has 0 aliphatic carbocycles. The smallest absolute Gasteiger partial charge is 0.387 e. The van der Waals surface area contributed by atoms with Crippen LogP contribution in [0.4, 0.5) is 8.78 Å². The fourth-order valence-electron chi connectivity index (χ4n) is 1.33. The molecule has 92 valence electrons. The summed E-state index contributed by atoms with van der Waals surface area (Å²) in [5.41, 5.74) is 0.651. The molecule has 0 radical (unpaired) electrons. The van der Waals surface area contributed by atoms with E-state index in [0.717, 1.165) is 0 Å². The van der Waals surface area contributed by atoms with E-state index in [0.29, 0.717) is 18.7 Å². The van der Waals surface area contributed by atoms with E-state index in [9.17, 15) is 8.78 Å². The molecule has 5 heteroatoms. The summed E-state index contributed by atoms with van der Waals surface area (Å²) >= 11 is 0. The van der Waals surface area contributed by atoms with E-state index in [1.807, 2.05) is 0 Å². The van der Waals surface area contributed by atoms with Crippen LogP contribution in [0.3, 0.4) is 0 Å². The summed E-state index contributed by atoms with van der Waals surface area (Å²) in [6.07, 6.45) is 0.